The highest BCUT2D eigenvalue weighted by Crippen LogP contribution is 2.31. The molecule has 0 aliphatic carbocycles. The Labute approximate surface area is 161 Å². The Morgan fingerprint density at radius 1 is 1.18 bits per heavy atom. The highest BCUT2D eigenvalue weighted by atomic mass is 32.1. The van der Waals surface area contributed by atoms with E-state index in [4.69, 9.17) is 4.74 Å². The summed E-state index contributed by atoms with van der Waals surface area (Å²) in [6, 6.07) is 13.3. The lowest BCUT2D eigenvalue weighted by Crippen LogP contribution is -1.95. The molecule has 28 heavy (non-hydrogen) atoms. The minimum Gasteiger partial charge on any atom is -0.424 e. The van der Waals surface area contributed by atoms with Gasteiger partial charge in [0.1, 0.15) is 10.8 Å². The lowest BCUT2D eigenvalue weighted by Gasteiger charge is -2.04. The largest absolute Gasteiger partial charge is 0.441 e. The number of fused-ring (bicyclic) bond motifs is 1. The van der Waals surface area contributed by atoms with Gasteiger partial charge in [0.15, 0.2) is 0 Å². The van der Waals surface area contributed by atoms with Crippen LogP contribution in [0, 0.1) is 0 Å². The van der Waals surface area contributed by atoms with Gasteiger partial charge >= 0.3 is 11.8 Å². The maximum absolute atomic E-state index is 11.0. The van der Waals surface area contributed by atoms with Gasteiger partial charge in [-0.1, -0.05) is 29.5 Å². The fourth-order valence-corrected chi connectivity index (χ4v) is 3.52. The minimum atomic E-state index is -0.677. The fourth-order valence-electron chi connectivity index (χ4n) is 2.76. The van der Waals surface area contributed by atoms with E-state index in [0.717, 1.165) is 28.4 Å². The molecular formula is C18H12N6O3S. The van der Waals surface area contributed by atoms with Gasteiger partial charge < -0.3 is 10.1 Å². The van der Waals surface area contributed by atoms with Crippen molar-refractivity contribution in [2.45, 2.75) is 6.54 Å². The van der Waals surface area contributed by atoms with Crippen LogP contribution in [-0.4, -0.2) is 26.6 Å². The van der Waals surface area contributed by atoms with E-state index in [1.807, 2.05) is 30.5 Å². The monoisotopic (exact) mass is 392 g/mol. The van der Waals surface area contributed by atoms with Crippen LogP contribution >= 0.6 is 11.3 Å². The minimum absolute atomic E-state index is 0.0121. The molecular weight excluding hydrogens is 380 g/mol. The van der Waals surface area contributed by atoms with Gasteiger partial charge in [0.25, 0.3) is 0 Å². The predicted octanol–water partition coefficient (Wildman–Crippen LogP) is 3.35. The number of rotatable bonds is 5. The van der Waals surface area contributed by atoms with Crippen molar-refractivity contribution in [1.29, 1.82) is 0 Å². The molecule has 1 aliphatic heterocycles. The normalized spacial score (nSPS) is 12.1. The van der Waals surface area contributed by atoms with E-state index in [1.165, 1.54) is 16.9 Å². The third-order valence-electron chi connectivity index (χ3n) is 4.03. The van der Waals surface area contributed by atoms with Crippen LogP contribution in [0.25, 0.3) is 10.6 Å². The molecule has 0 saturated carbocycles. The topological polar surface area (TPSA) is 118 Å². The molecule has 0 saturated heterocycles. The molecule has 0 fully saturated rings. The molecule has 0 unspecified atom stereocenters. The summed E-state index contributed by atoms with van der Waals surface area (Å²) < 4.78 is 9.89. The van der Waals surface area contributed by atoms with Gasteiger partial charge in [0.05, 0.1) is 6.54 Å². The zero-order chi connectivity index (χ0) is 18.9. The molecule has 10 heteroatoms. The SMILES string of the molecule is O=c1[nH]c(Oc2cccc(-c3nnc(Nc4ccc5c(c4)C=NC5)s3)c2)no1. The molecule has 2 aromatic heterocycles. The molecule has 1 aliphatic rings. The Morgan fingerprint density at radius 3 is 3.04 bits per heavy atom. The molecule has 0 spiro atoms. The summed E-state index contributed by atoms with van der Waals surface area (Å²) in [7, 11) is 0. The molecule has 9 nitrogen and oxygen atoms in total. The molecule has 138 valence electrons. The molecule has 2 aromatic carbocycles. The lowest BCUT2D eigenvalue weighted by atomic mass is 10.1. The second kappa shape index (κ2) is 6.74. The van der Waals surface area contributed by atoms with Crippen LogP contribution in [-0.2, 0) is 6.54 Å². The van der Waals surface area contributed by atoms with Crippen molar-refractivity contribution in [3.8, 4) is 22.3 Å². The number of aliphatic imine (C=N–C) groups is 1. The number of nitrogens with zero attached hydrogens (tertiary/aromatic N) is 4. The molecule has 4 aromatic rings. The third kappa shape index (κ3) is 3.28. The predicted molar refractivity (Wildman–Crippen MR) is 104 cm³/mol. The van der Waals surface area contributed by atoms with Gasteiger partial charge in [-0.3, -0.25) is 9.52 Å². The number of aromatic amines is 1. The van der Waals surface area contributed by atoms with Crippen molar-refractivity contribution in [2.75, 3.05) is 5.32 Å². The Morgan fingerprint density at radius 2 is 2.14 bits per heavy atom. The second-order valence-corrected chi connectivity index (χ2v) is 6.93. The Bertz CT molecular complexity index is 1240. The average Bonchev–Trinajstić information content (AvgIpc) is 3.43. The number of anilines is 2. The number of aromatic nitrogens is 4. The number of H-pyrrole nitrogens is 1. The van der Waals surface area contributed by atoms with Gasteiger partial charge in [0, 0.05) is 17.5 Å². The standard InChI is InChI=1S/C18H12N6O3S/c25-18-21-16(24-27-18)26-14-3-1-2-10(7-14)15-22-23-17(28-15)20-13-5-4-11-8-19-9-12(11)6-13/h1-7,9H,8H2,(H,20,23)(H,21,24,25). The van der Waals surface area contributed by atoms with Crippen LogP contribution in [0.15, 0.2) is 56.8 Å². The summed E-state index contributed by atoms with van der Waals surface area (Å²) in [4.78, 5) is 17.6. The van der Waals surface area contributed by atoms with E-state index >= 15 is 0 Å². The van der Waals surface area contributed by atoms with Gasteiger partial charge in [0.2, 0.25) is 5.13 Å². The first kappa shape index (κ1) is 16.4. The van der Waals surface area contributed by atoms with E-state index in [2.05, 4.69) is 41.2 Å². The van der Waals surface area contributed by atoms with E-state index in [1.54, 1.807) is 12.1 Å². The van der Waals surface area contributed by atoms with Gasteiger partial charge in [-0.05, 0) is 40.5 Å². The molecule has 0 radical (unpaired) electrons. The van der Waals surface area contributed by atoms with Crippen LogP contribution in [0.3, 0.4) is 0 Å². The van der Waals surface area contributed by atoms with Crippen LogP contribution in [0.1, 0.15) is 11.1 Å². The molecule has 0 atom stereocenters. The Balaban J connectivity index is 1.35. The van der Waals surface area contributed by atoms with E-state index in [-0.39, 0.29) is 6.01 Å². The summed E-state index contributed by atoms with van der Waals surface area (Å²) in [6.45, 7) is 0.735. The van der Waals surface area contributed by atoms with Crippen LogP contribution in [0.5, 0.6) is 11.8 Å². The lowest BCUT2D eigenvalue weighted by molar-refractivity contribution is 0.351. The van der Waals surface area contributed by atoms with Gasteiger partial charge in [-0.25, -0.2) is 9.78 Å². The first-order chi connectivity index (χ1) is 13.7. The third-order valence-corrected chi connectivity index (χ3v) is 4.92. The van der Waals surface area contributed by atoms with Crippen molar-refractivity contribution in [3.05, 3.63) is 64.1 Å². The first-order valence-electron chi connectivity index (χ1n) is 8.30. The summed E-state index contributed by atoms with van der Waals surface area (Å²) >= 11 is 1.42. The average molecular weight is 392 g/mol. The van der Waals surface area contributed by atoms with E-state index in [9.17, 15) is 4.79 Å². The Kier molecular flexibility index (Phi) is 3.95. The van der Waals surface area contributed by atoms with Crippen LogP contribution in [0.4, 0.5) is 10.8 Å². The number of hydrogen-bond acceptors (Lipinski definition) is 9. The fraction of sp³-hybridized carbons (Fsp3) is 0.0556. The van der Waals surface area contributed by atoms with Crippen LogP contribution < -0.4 is 15.8 Å². The van der Waals surface area contributed by atoms with Gasteiger partial charge in [-0.2, -0.15) is 0 Å². The quantitative estimate of drug-likeness (QED) is 0.535. The maximum Gasteiger partial charge on any atom is 0.441 e. The van der Waals surface area contributed by atoms with Crippen molar-refractivity contribution >= 4 is 28.4 Å². The summed E-state index contributed by atoms with van der Waals surface area (Å²) in [5.74, 6) is -0.187. The van der Waals surface area contributed by atoms with Crippen molar-refractivity contribution in [1.82, 2.24) is 20.3 Å². The first-order valence-corrected chi connectivity index (χ1v) is 9.12. The number of hydrogen-bond donors (Lipinski definition) is 2. The molecule has 2 N–H and O–H groups in total. The molecule has 3 heterocycles. The second-order valence-electron chi connectivity index (χ2n) is 5.95. The molecule has 5 rings (SSSR count). The van der Waals surface area contributed by atoms with Crippen LogP contribution in [0.2, 0.25) is 0 Å². The molecule has 0 bridgehead atoms. The summed E-state index contributed by atoms with van der Waals surface area (Å²) in [5, 5.41) is 16.6. The zero-order valence-electron chi connectivity index (χ0n) is 14.2. The highest BCUT2D eigenvalue weighted by molar-refractivity contribution is 7.18. The number of nitrogens with one attached hydrogen (secondary N) is 2. The summed E-state index contributed by atoms with van der Waals surface area (Å²) in [5.41, 5.74) is 4.09. The van der Waals surface area contributed by atoms with Crippen molar-refractivity contribution in [2.24, 2.45) is 4.99 Å². The summed E-state index contributed by atoms with van der Waals surface area (Å²) in [6.07, 6.45) is 1.87. The Hall–Kier alpha value is -3.79. The van der Waals surface area contributed by atoms with Gasteiger partial charge in [-0.15, -0.1) is 10.2 Å². The smallest absolute Gasteiger partial charge is 0.424 e. The van der Waals surface area contributed by atoms with E-state index < -0.39 is 5.76 Å². The highest BCUT2D eigenvalue weighted by Gasteiger charge is 2.11. The molecule has 0 amide bonds. The van der Waals surface area contributed by atoms with Crippen molar-refractivity contribution in [3.63, 3.8) is 0 Å². The number of ether oxygens (including phenoxy) is 1. The maximum atomic E-state index is 11.0. The number of benzene rings is 2. The zero-order valence-corrected chi connectivity index (χ0v) is 15.1. The van der Waals surface area contributed by atoms with Crippen molar-refractivity contribution < 1.29 is 9.26 Å². The van der Waals surface area contributed by atoms with E-state index in [0.29, 0.717) is 10.9 Å².